The molecule has 0 saturated heterocycles. The number of hydrogen-bond donors (Lipinski definition) is 1. The first-order chi connectivity index (χ1) is 19.6. The molecule has 4 aromatic carbocycles. The van der Waals surface area contributed by atoms with Gasteiger partial charge in [0.2, 0.25) is 5.91 Å². The number of ether oxygens (including phenoxy) is 4. The lowest BCUT2D eigenvalue weighted by Crippen LogP contribution is -2.46. The third-order valence-electron chi connectivity index (χ3n) is 7.24. The largest absolute Gasteiger partial charge is 0.497 e. The molecule has 8 nitrogen and oxygen atoms in total. The highest BCUT2D eigenvalue weighted by Crippen LogP contribution is 2.46. The van der Waals surface area contributed by atoms with Gasteiger partial charge in [-0.1, -0.05) is 30.3 Å². The molecular weight excluding hydrogens is 508 g/mol. The van der Waals surface area contributed by atoms with E-state index in [-0.39, 0.29) is 11.8 Å². The van der Waals surface area contributed by atoms with Crippen molar-refractivity contribution in [2.75, 3.05) is 37.7 Å². The molecule has 0 aromatic heterocycles. The van der Waals surface area contributed by atoms with Crippen LogP contribution in [-0.2, 0) is 4.79 Å². The Hall–Kier alpha value is -4.98. The molecule has 40 heavy (non-hydrogen) atoms. The van der Waals surface area contributed by atoms with E-state index in [9.17, 15) is 9.59 Å². The van der Waals surface area contributed by atoms with Crippen LogP contribution in [0.3, 0.4) is 0 Å². The Bertz CT molecular complexity index is 1550. The Kier molecular flexibility index (Phi) is 6.74. The number of amides is 2. The van der Waals surface area contributed by atoms with E-state index in [4.69, 9.17) is 18.9 Å². The highest BCUT2D eigenvalue weighted by Gasteiger charge is 2.45. The van der Waals surface area contributed by atoms with Gasteiger partial charge in [0.15, 0.2) is 11.5 Å². The monoisotopic (exact) mass is 536 g/mol. The van der Waals surface area contributed by atoms with Gasteiger partial charge < -0.3 is 24.3 Å². The van der Waals surface area contributed by atoms with E-state index in [0.29, 0.717) is 58.7 Å². The first kappa shape index (κ1) is 25.3. The van der Waals surface area contributed by atoms with E-state index < -0.39 is 12.0 Å². The Balaban J connectivity index is 1.47. The molecule has 0 spiro atoms. The van der Waals surface area contributed by atoms with Crippen LogP contribution in [0.2, 0.25) is 0 Å². The second-order valence-corrected chi connectivity index (χ2v) is 9.50. The number of methoxy groups -OCH3 is 2. The zero-order chi connectivity index (χ0) is 27.6. The average Bonchev–Trinajstić information content (AvgIpc) is 3.01. The molecule has 2 aliphatic rings. The number of fused-ring (bicyclic) bond motifs is 2. The quantitative estimate of drug-likeness (QED) is 0.345. The second kappa shape index (κ2) is 10.6. The van der Waals surface area contributed by atoms with Gasteiger partial charge in [0, 0.05) is 23.0 Å². The standard InChI is InChI=1S/C32H28N2O6/c1-37-23-12-7-20(8-13-23)30-29(31(35)33-21-9-16-27-28(19-21)40-18-17-39-27)25-5-3-4-6-26(25)32(36)34(30)22-10-14-24(38-2)15-11-22/h3-16,19,29-30H,17-18H2,1-2H3,(H,33,35)/t29-,30+/m1/s1. The first-order valence-corrected chi connectivity index (χ1v) is 13.0. The Morgan fingerprint density at radius 1 is 0.825 bits per heavy atom. The number of anilines is 2. The molecule has 0 radical (unpaired) electrons. The molecule has 0 aliphatic carbocycles. The summed E-state index contributed by atoms with van der Waals surface area (Å²) < 4.78 is 22.1. The SMILES string of the molecule is COc1ccc([C@H]2[C@H](C(=O)Nc3ccc4c(c3)OCCO4)c3ccccc3C(=O)N2c2ccc(OC)cc2)cc1. The summed E-state index contributed by atoms with van der Waals surface area (Å²) in [7, 11) is 3.19. The van der Waals surface area contributed by atoms with E-state index >= 15 is 0 Å². The number of nitrogens with zero attached hydrogens (tertiary/aromatic N) is 1. The normalized spacial score (nSPS) is 17.6. The van der Waals surface area contributed by atoms with Gasteiger partial charge in [0.25, 0.3) is 5.91 Å². The Morgan fingerprint density at radius 2 is 1.48 bits per heavy atom. The third kappa shape index (κ3) is 4.58. The topological polar surface area (TPSA) is 86.3 Å². The lowest BCUT2D eigenvalue weighted by Gasteiger charge is -2.42. The number of carbonyl (C=O) groups is 2. The van der Waals surface area contributed by atoms with E-state index in [2.05, 4.69) is 5.32 Å². The molecule has 1 N–H and O–H groups in total. The number of carbonyl (C=O) groups excluding carboxylic acids is 2. The summed E-state index contributed by atoms with van der Waals surface area (Å²) in [6, 6.07) is 26.7. The summed E-state index contributed by atoms with van der Waals surface area (Å²) in [6.45, 7) is 0.926. The lowest BCUT2D eigenvalue weighted by atomic mass is 9.78. The Labute approximate surface area is 232 Å². The van der Waals surface area contributed by atoms with E-state index in [1.165, 1.54) is 0 Å². The fraction of sp³-hybridized carbons (Fsp3) is 0.188. The van der Waals surface area contributed by atoms with Crippen molar-refractivity contribution in [2.24, 2.45) is 0 Å². The number of rotatable bonds is 6. The zero-order valence-electron chi connectivity index (χ0n) is 22.1. The predicted molar refractivity (Wildman–Crippen MR) is 151 cm³/mol. The predicted octanol–water partition coefficient (Wildman–Crippen LogP) is 5.60. The van der Waals surface area contributed by atoms with Gasteiger partial charge in [-0.15, -0.1) is 0 Å². The van der Waals surface area contributed by atoms with Crippen LogP contribution >= 0.6 is 0 Å². The zero-order valence-corrected chi connectivity index (χ0v) is 22.1. The molecule has 2 amide bonds. The van der Waals surface area contributed by atoms with E-state index in [1.54, 1.807) is 55.5 Å². The molecule has 4 aromatic rings. The van der Waals surface area contributed by atoms with E-state index in [1.807, 2.05) is 54.6 Å². The second-order valence-electron chi connectivity index (χ2n) is 9.50. The maximum Gasteiger partial charge on any atom is 0.259 e. The van der Waals surface area contributed by atoms with E-state index in [0.717, 1.165) is 5.56 Å². The van der Waals surface area contributed by atoms with Gasteiger partial charge >= 0.3 is 0 Å². The van der Waals surface area contributed by atoms with Gasteiger partial charge in [0.1, 0.15) is 24.7 Å². The molecule has 202 valence electrons. The smallest absolute Gasteiger partial charge is 0.259 e. The van der Waals surface area contributed by atoms with Crippen LogP contribution in [0.15, 0.2) is 91.0 Å². The molecule has 2 aliphatic heterocycles. The van der Waals surface area contributed by atoms with Crippen LogP contribution in [0.1, 0.15) is 33.4 Å². The molecule has 6 rings (SSSR count). The van der Waals surface area contributed by atoms with Gasteiger partial charge in [0.05, 0.1) is 26.2 Å². The number of nitrogens with one attached hydrogen (secondary N) is 1. The minimum absolute atomic E-state index is 0.190. The van der Waals surface area contributed by atoms with Gasteiger partial charge in [-0.2, -0.15) is 0 Å². The molecule has 2 heterocycles. The summed E-state index contributed by atoms with van der Waals surface area (Å²) >= 11 is 0. The van der Waals surface area contributed by atoms with Crippen LogP contribution in [0.5, 0.6) is 23.0 Å². The highest BCUT2D eigenvalue weighted by atomic mass is 16.6. The van der Waals surface area contributed by atoms with Crippen molar-refractivity contribution in [3.63, 3.8) is 0 Å². The number of hydrogen-bond acceptors (Lipinski definition) is 6. The molecule has 0 fully saturated rings. The first-order valence-electron chi connectivity index (χ1n) is 13.0. The van der Waals surface area contributed by atoms with Crippen molar-refractivity contribution >= 4 is 23.2 Å². The fourth-order valence-corrected chi connectivity index (χ4v) is 5.33. The molecular formula is C32H28N2O6. The summed E-state index contributed by atoms with van der Waals surface area (Å²) in [6.07, 6.45) is 0. The van der Waals surface area contributed by atoms with Crippen molar-refractivity contribution in [3.05, 3.63) is 108 Å². The summed E-state index contributed by atoms with van der Waals surface area (Å²) in [5.41, 5.74) is 3.16. The molecule has 0 saturated carbocycles. The van der Waals surface area contributed by atoms with Crippen molar-refractivity contribution in [3.8, 4) is 23.0 Å². The van der Waals surface area contributed by atoms with Crippen molar-refractivity contribution < 1.29 is 28.5 Å². The minimum Gasteiger partial charge on any atom is -0.497 e. The molecule has 0 bridgehead atoms. The number of benzene rings is 4. The van der Waals surface area contributed by atoms with Crippen molar-refractivity contribution in [1.82, 2.24) is 0 Å². The summed E-state index contributed by atoms with van der Waals surface area (Å²) in [5, 5.41) is 3.07. The van der Waals surface area contributed by atoms with Crippen molar-refractivity contribution in [2.45, 2.75) is 12.0 Å². The highest BCUT2D eigenvalue weighted by molar-refractivity contribution is 6.12. The Morgan fingerprint density at radius 3 is 2.17 bits per heavy atom. The fourth-order valence-electron chi connectivity index (χ4n) is 5.33. The molecule has 8 heteroatoms. The van der Waals surface area contributed by atoms with Gasteiger partial charge in [-0.05, 0) is 65.7 Å². The third-order valence-corrected chi connectivity index (χ3v) is 7.24. The van der Waals surface area contributed by atoms with Crippen LogP contribution in [0, 0.1) is 0 Å². The van der Waals surface area contributed by atoms with Gasteiger partial charge in [-0.25, -0.2) is 0 Å². The maximum atomic E-state index is 14.2. The molecule has 2 atom stereocenters. The summed E-state index contributed by atoms with van der Waals surface area (Å²) in [4.78, 5) is 30.0. The van der Waals surface area contributed by atoms with Crippen LogP contribution in [0.4, 0.5) is 11.4 Å². The lowest BCUT2D eigenvalue weighted by molar-refractivity contribution is -0.118. The molecule has 0 unspecified atom stereocenters. The maximum absolute atomic E-state index is 14.2. The minimum atomic E-state index is -0.724. The van der Waals surface area contributed by atoms with Crippen LogP contribution < -0.4 is 29.2 Å². The van der Waals surface area contributed by atoms with Crippen molar-refractivity contribution in [1.29, 1.82) is 0 Å². The van der Waals surface area contributed by atoms with Gasteiger partial charge in [-0.3, -0.25) is 14.5 Å². The van der Waals surface area contributed by atoms with Crippen LogP contribution in [-0.4, -0.2) is 39.2 Å². The summed E-state index contributed by atoms with van der Waals surface area (Å²) in [5.74, 6) is 1.40. The van der Waals surface area contributed by atoms with Crippen LogP contribution in [0.25, 0.3) is 0 Å². The average molecular weight is 537 g/mol.